The Morgan fingerprint density at radius 3 is 2.14 bits per heavy atom. The van der Waals surface area contributed by atoms with Gasteiger partial charge in [0.2, 0.25) is 0 Å². The van der Waals surface area contributed by atoms with E-state index < -0.39 is 0 Å². The number of hydrogen-bond acceptors (Lipinski definition) is 2. The zero-order valence-electron chi connectivity index (χ0n) is 15.6. The smallest absolute Gasteiger partial charge is 0.00928 e. The van der Waals surface area contributed by atoms with Crippen molar-refractivity contribution in [3.05, 3.63) is 0 Å². The number of nitrogens with one attached hydrogen (secondary N) is 1. The van der Waals surface area contributed by atoms with E-state index in [0.29, 0.717) is 10.8 Å². The molecule has 2 heteroatoms. The van der Waals surface area contributed by atoms with Crippen LogP contribution in [0.25, 0.3) is 0 Å². The van der Waals surface area contributed by atoms with Crippen LogP contribution < -0.4 is 5.32 Å². The summed E-state index contributed by atoms with van der Waals surface area (Å²) in [5, 5.41) is 3.67. The fourth-order valence-electron chi connectivity index (χ4n) is 3.79. The highest BCUT2D eigenvalue weighted by molar-refractivity contribution is 4.88. The predicted octanol–water partition coefficient (Wildman–Crippen LogP) is 4.69. The second-order valence-electron chi connectivity index (χ2n) is 8.19. The summed E-state index contributed by atoms with van der Waals surface area (Å²) in [6, 6.07) is 0.807. The summed E-state index contributed by atoms with van der Waals surface area (Å²) in [4.78, 5) is 2.68. The summed E-state index contributed by atoms with van der Waals surface area (Å²) in [6.45, 7) is 15.4. The quantitative estimate of drug-likeness (QED) is 0.621. The van der Waals surface area contributed by atoms with Crippen LogP contribution in [0.5, 0.6) is 0 Å². The Hall–Kier alpha value is -0.0800. The van der Waals surface area contributed by atoms with Gasteiger partial charge in [0.25, 0.3) is 0 Å². The van der Waals surface area contributed by atoms with E-state index in [1.807, 2.05) is 0 Å². The highest BCUT2D eigenvalue weighted by Crippen LogP contribution is 2.37. The van der Waals surface area contributed by atoms with E-state index in [1.54, 1.807) is 0 Å². The Bertz CT molecular complexity index is 271. The van der Waals surface area contributed by atoms with Crippen molar-refractivity contribution in [3.8, 4) is 0 Å². The average Bonchev–Trinajstić information content (AvgIpc) is 2.46. The maximum atomic E-state index is 3.67. The van der Waals surface area contributed by atoms with Gasteiger partial charge in [-0.3, -0.25) is 0 Å². The Morgan fingerprint density at radius 1 is 1.10 bits per heavy atom. The van der Waals surface area contributed by atoms with Crippen molar-refractivity contribution in [3.63, 3.8) is 0 Å². The van der Waals surface area contributed by atoms with Gasteiger partial charge in [0, 0.05) is 19.1 Å². The van der Waals surface area contributed by atoms with Gasteiger partial charge in [0.1, 0.15) is 0 Å². The molecule has 0 amide bonds. The zero-order valence-corrected chi connectivity index (χ0v) is 15.6. The molecule has 0 aromatic heterocycles. The van der Waals surface area contributed by atoms with E-state index in [1.165, 1.54) is 58.0 Å². The number of rotatable bonds is 9. The van der Waals surface area contributed by atoms with Crippen molar-refractivity contribution in [2.24, 2.45) is 10.8 Å². The van der Waals surface area contributed by atoms with Crippen LogP contribution in [0.1, 0.15) is 79.6 Å². The topological polar surface area (TPSA) is 15.3 Å². The second-order valence-corrected chi connectivity index (χ2v) is 8.19. The van der Waals surface area contributed by atoms with Gasteiger partial charge in [-0.15, -0.1) is 0 Å². The van der Waals surface area contributed by atoms with Gasteiger partial charge in [-0.05, 0) is 69.4 Å². The Balaban J connectivity index is 2.53. The summed E-state index contributed by atoms with van der Waals surface area (Å²) in [5.74, 6) is 0. The highest BCUT2D eigenvalue weighted by atomic mass is 15.1. The van der Waals surface area contributed by atoms with Crippen LogP contribution in [0.4, 0.5) is 0 Å². The molecule has 0 aliphatic heterocycles. The molecule has 0 unspecified atom stereocenters. The number of nitrogens with zero attached hydrogens (tertiary/aromatic N) is 1. The summed E-state index contributed by atoms with van der Waals surface area (Å²) >= 11 is 0. The average molecular weight is 297 g/mol. The molecule has 0 aromatic rings. The minimum Gasteiger partial charge on any atom is -0.316 e. The van der Waals surface area contributed by atoms with E-state index in [4.69, 9.17) is 0 Å². The summed E-state index contributed by atoms with van der Waals surface area (Å²) in [7, 11) is 2.36. The summed E-state index contributed by atoms with van der Waals surface area (Å²) in [5.41, 5.74) is 1.03. The third-order valence-corrected chi connectivity index (χ3v) is 5.94. The molecular formula is C19H40N2. The van der Waals surface area contributed by atoms with Crippen LogP contribution in [0, 0.1) is 10.8 Å². The molecule has 0 radical (unpaired) electrons. The summed E-state index contributed by atoms with van der Waals surface area (Å²) in [6.07, 6.45) is 9.34. The molecular weight excluding hydrogens is 256 g/mol. The molecule has 1 N–H and O–H groups in total. The highest BCUT2D eigenvalue weighted by Gasteiger charge is 2.33. The van der Waals surface area contributed by atoms with Gasteiger partial charge in [-0.25, -0.2) is 0 Å². The first kappa shape index (κ1) is 19.0. The standard InChI is InChI=1S/C19H40N2/c1-7-14-20-15-19(8-2,9-3)16-21(6)17-10-12-18(4,5)13-11-17/h17,20H,7-16H2,1-6H3. The molecule has 0 heterocycles. The lowest BCUT2D eigenvalue weighted by Gasteiger charge is -2.43. The Labute approximate surface area is 134 Å². The minimum atomic E-state index is 0.455. The largest absolute Gasteiger partial charge is 0.316 e. The van der Waals surface area contributed by atoms with Crippen molar-refractivity contribution >= 4 is 0 Å². The van der Waals surface area contributed by atoms with Crippen LogP contribution >= 0.6 is 0 Å². The first-order chi connectivity index (χ1) is 9.88. The zero-order chi connectivity index (χ0) is 15.9. The minimum absolute atomic E-state index is 0.455. The van der Waals surface area contributed by atoms with Gasteiger partial charge < -0.3 is 10.2 Å². The van der Waals surface area contributed by atoms with Gasteiger partial charge >= 0.3 is 0 Å². The molecule has 1 fully saturated rings. The molecule has 0 aromatic carbocycles. The fraction of sp³-hybridized carbons (Fsp3) is 1.00. The molecule has 126 valence electrons. The van der Waals surface area contributed by atoms with Crippen LogP contribution in [-0.4, -0.2) is 37.6 Å². The second kappa shape index (κ2) is 8.53. The lowest BCUT2D eigenvalue weighted by molar-refractivity contribution is 0.0777. The normalized spacial score (nSPS) is 20.1. The summed E-state index contributed by atoms with van der Waals surface area (Å²) < 4.78 is 0. The van der Waals surface area contributed by atoms with E-state index in [2.05, 4.69) is 51.9 Å². The van der Waals surface area contributed by atoms with Crippen LogP contribution in [0.2, 0.25) is 0 Å². The lowest BCUT2D eigenvalue weighted by atomic mass is 9.74. The SMILES string of the molecule is CCCNCC(CC)(CC)CN(C)C1CCC(C)(C)CC1. The predicted molar refractivity (Wildman–Crippen MR) is 94.8 cm³/mol. The Kier molecular flexibility index (Phi) is 7.70. The molecule has 1 aliphatic carbocycles. The molecule has 21 heavy (non-hydrogen) atoms. The Morgan fingerprint density at radius 2 is 1.67 bits per heavy atom. The van der Waals surface area contributed by atoms with Crippen LogP contribution in [-0.2, 0) is 0 Å². The molecule has 0 spiro atoms. The molecule has 1 aliphatic rings. The first-order valence-electron chi connectivity index (χ1n) is 9.29. The van der Waals surface area contributed by atoms with Crippen molar-refractivity contribution in [2.45, 2.75) is 85.6 Å². The van der Waals surface area contributed by atoms with Crippen molar-refractivity contribution in [1.82, 2.24) is 10.2 Å². The lowest BCUT2D eigenvalue weighted by Crippen LogP contribution is -2.47. The molecule has 0 saturated heterocycles. The van der Waals surface area contributed by atoms with Crippen molar-refractivity contribution in [1.29, 1.82) is 0 Å². The molecule has 1 saturated carbocycles. The van der Waals surface area contributed by atoms with Crippen LogP contribution in [0.15, 0.2) is 0 Å². The van der Waals surface area contributed by atoms with E-state index in [9.17, 15) is 0 Å². The van der Waals surface area contributed by atoms with E-state index >= 15 is 0 Å². The molecule has 2 nitrogen and oxygen atoms in total. The third kappa shape index (κ3) is 5.90. The maximum absolute atomic E-state index is 3.67. The van der Waals surface area contributed by atoms with Crippen molar-refractivity contribution < 1.29 is 0 Å². The number of hydrogen-bond donors (Lipinski definition) is 1. The molecule has 1 rings (SSSR count). The van der Waals surface area contributed by atoms with Gasteiger partial charge in [0.15, 0.2) is 0 Å². The molecule has 0 atom stereocenters. The van der Waals surface area contributed by atoms with Crippen molar-refractivity contribution in [2.75, 3.05) is 26.7 Å². The monoisotopic (exact) mass is 296 g/mol. The van der Waals surface area contributed by atoms with E-state index in [-0.39, 0.29) is 0 Å². The fourth-order valence-corrected chi connectivity index (χ4v) is 3.79. The molecule has 0 bridgehead atoms. The first-order valence-corrected chi connectivity index (χ1v) is 9.29. The van der Waals surface area contributed by atoms with Crippen LogP contribution in [0.3, 0.4) is 0 Å². The third-order valence-electron chi connectivity index (χ3n) is 5.94. The van der Waals surface area contributed by atoms with Gasteiger partial charge in [0.05, 0.1) is 0 Å². The van der Waals surface area contributed by atoms with E-state index in [0.717, 1.165) is 12.6 Å². The maximum Gasteiger partial charge on any atom is 0.00928 e. The van der Waals surface area contributed by atoms with Gasteiger partial charge in [-0.1, -0.05) is 34.6 Å². The van der Waals surface area contributed by atoms with Gasteiger partial charge in [-0.2, -0.15) is 0 Å².